The molecule has 0 aromatic heterocycles. The first-order chi connectivity index (χ1) is 9.20. The van der Waals surface area contributed by atoms with Gasteiger partial charge in [-0.3, -0.25) is 0 Å². The molecular weight excluding hydrogens is 248 g/mol. The van der Waals surface area contributed by atoms with Gasteiger partial charge in [0.1, 0.15) is 24.4 Å². The number of hydrogen-bond acceptors (Lipinski definition) is 5. The molecule has 0 aromatic rings. The van der Waals surface area contributed by atoms with Crippen molar-refractivity contribution in [1.82, 2.24) is 0 Å². The van der Waals surface area contributed by atoms with Crippen LogP contribution in [0.5, 0.6) is 0 Å². The highest BCUT2D eigenvalue weighted by molar-refractivity contribution is 4.89. The topological polar surface area (TPSA) is 79.2 Å². The number of allylic oxidation sites excluding steroid dienone is 1. The average molecular weight is 274 g/mol. The fourth-order valence-electron chi connectivity index (χ4n) is 2.09. The zero-order valence-electron chi connectivity index (χ0n) is 11.6. The van der Waals surface area contributed by atoms with Crippen molar-refractivity contribution in [3.63, 3.8) is 0 Å². The minimum Gasteiger partial charge on any atom is -0.394 e. The smallest absolute Gasteiger partial charge is 0.114 e. The molecule has 1 aliphatic heterocycles. The van der Waals surface area contributed by atoms with Crippen LogP contribution in [0, 0.1) is 0 Å². The molecule has 1 fully saturated rings. The van der Waals surface area contributed by atoms with E-state index in [4.69, 9.17) is 14.6 Å². The van der Waals surface area contributed by atoms with Crippen LogP contribution < -0.4 is 0 Å². The molecule has 0 unspecified atom stereocenters. The molecule has 0 bridgehead atoms. The summed E-state index contributed by atoms with van der Waals surface area (Å²) in [6.45, 7) is 2.38. The fraction of sp³-hybridized carbons (Fsp3) is 0.857. The van der Waals surface area contributed by atoms with Gasteiger partial charge in [-0.15, -0.1) is 0 Å². The molecule has 19 heavy (non-hydrogen) atoms. The first-order valence-electron chi connectivity index (χ1n) is 7.05. The van der Waals surface area contributed by atoms with Gasteiger partial charge in [0, 0.05) is 0 Å². The van der Waals surface area contributed by atoms with Gasteiger partial charge in [0.15, 0.2) is 0 Å². The van der Waals surface area contributed by atoms with Gasteiger partial charge in [-0.05, 0) is 12.8 Å². The molecule has 1 rings (SSSR count). The van der Waals surface area contributed by atoms with Gasteiger partial charge >= 0.3 is 0 Å². The molecule has 112 valence electrons. The summed E-state index contributed by atoms with van der Waals surface area (Å²) in [6.07, 6.45) is 5.47. The molecule has 1 aliphatic rings. The van der Waals surface area contributed by atoms with Crippen molar-refractivity contribution in [2.45, 2.75) is 57.0 Å². The van der Waals surface area contributed by atoms with E-state index in [1.54, 1.807) is 0 Å². The van der Waals surface area contributed by atoms with Crippen LogP contribution in [0.3, 0.4) is 0 Å². The van der Waals surface area contributed by atoms with Crippen LogP contribution in [0.25, 0.3) is 0 Å². The Morgan fingerprint density at radius 2 is 2.11 bits per heavy atom. The zero-order chi connectivity index (χ0) is 14.1. The highest BCUT2D eigenvalue weighted by atomic mass is 16.6. The van der Waals surface area contributed by atoms with Crippen molar-refractivity contribution < 1.29 is 24.8 Å². The maximum atomic E-state index is 9.72. The standard InChI is InChI=1S/C14H26O5/c1-2-3-4-5-6-7-8-18-14-12(17)10-19-13(14)11(16)9-15/h5-6,11-17H,2-4,7-10H2,1H3/b6-5+/t11-,12+,13-,14-/m1/s1. The molecule has 0 amide bonds. The molecule has 5 nitrogen and oxygen atoms in total. The van der Waals surface area contributed by atoms with Gasteiger partial charge in [0.2, 0.25) is 0 Å². The Hall–Kier alpha value is -0.460. The van der Waals surface area contributed by atoms with Crippen LogP contribution in [0.4, 0.5) is 0 Å². The van der Waals surface area contributed by atoms with Crippen molar-refractivity contribution in [2.24, 2.45) is 0 Å². The van der Waals surface area contributed by atoms with Gasteiger partial charge < -0.3 is 24.8 Å². The second kappa shape index (κ2) is 9.44. The predicted octanol–water partition coefficient (Wildman–Crippen LogP) is 0.621. The monoisotopic (exact) mass is 274 g/mol. The molecule has 5 heteroatoms. The Labute approximate surface area is 114 Å². The van der Waals surface area contributed by atoms with Crippen LogP contribution in [-0.2, 0) is 9.47 Å². The molecule has 1 heterocycles. The summed E-state index contributed by atoms with van der Waals surface area (Å²) < 4.78 is 10.8. The van der Waals surface area contributed by atoms with Gasteiger partial charge in [0.25, 0.3) is 0 Å². The lowest BCUT2D eigenvalue weighted by molar-refractivity contribution is -0.0924. The van der Waals surface area contributed by atoms with E-state index < -0.39 is 31.0 Å². The van der Waals surface area contributed by atoms with Gasteiger partial charge in [-0.2, -0.15) is 0 Å². The second-order valence-electron chi connectivity index (χ2n) is 4.85. The highest BCUT2D eigenvalue weighted by Crippen LogP contribution is 2.21. The molecule has 0 radical (unpaired) electrons. The molecule has 0 aliphatic carbocycles. The van der Waals surface area contributed by atoms with Gasteiger partial charge in [-0.25, -0.2) is 0 Å². The van der Waals surface area contributed by atoms with Crippen molar-refractivity contribution in [1.29, 1.82) is 0 Å². The van der Waals surface area contributed by atoms with Crippen LogP contribution in [-0.4, -0.2) is 59.6 Å². The number of aliphatic hydroxyl groups is 3. The van der Waals surface area contributed by atoms with E-state index >= 15 is 0 Å². The van der Waals surface area contributed by atoms with Crippen LogP contribution in [0.15, 0.2) is 12.2 Å². The van der Waals surface area contributed by atoms with E-state index in [1.807, 2.05) is 0 Å². The maximum absolute atomic E-state index is 9.72. The lowest BCUT2D eigenvalue weighted by Crippen LogP contribution is -2.42. The first-order valence-corrected chi connectivity index (χ1v) is 7.05. The Morgan fingerprint density at radius 1 is 1.37 bits per heavy atom. The van der Waals surface area contributed by atoms with E-state index in [0.29, 0.717) is 6.61 Å². The Balaban J connectivity index is 2.24. The lowest BCUT2D eigenvalue weighted by atomic mass is 10.1. The Bertz CT molecular complexity index is 256. The third-order valence-electron chi connectivity index (χ3n) is 3.21. The third-order valence-corrected chi connectivity index (χ3v) is 3.21. The largest absolute Gasteiger partial charge is 0.394 e. The highest BCUT2D eigenvalue weighted by Gasteiger charge is 2.40. The Kier molecular flexibility index (Phi) is 8.25. The minimum absolute atomic E-state index is 0.138. The minimum atomic E-state index is -1.01. The second-order valence-corrected chi connectivity index (χ2v) is 4.85. The number of unbranched alkanes of at least 4 members (excludes halogenated alkanes) is 2. The number of hydrogen-bond donors (Lipinski definition) is 3. The van der Waals surface area contributed by atoms with Crippen molar-refractivity contribution in [3.05, 3.63) is 12.2 Å². The Morgan fingerprint density at radius 3 is 2.79 bits per heavy atom. The fourth-order valence-corrected chi connectivity index (χ4v) is 2.09. The SMILES string of the molecule is CCCC/C=C/CCO[C@H]1[C@@H]([C@H](O)CO)OC[C@@H]1O. The van der Waals surface area contributed by atoms with Crippen LogP contribution >= 0.6 is 0 Å². The predicted molar refractivity (Wildman–Crippen MR) is 71.9 cm³/mol. The molecule has 4 atom stereocenters. The number of rotatable bonds is 9. The van der Waals surface area contributed by atoms with Gasteiger partial charge in [-0.1, -0.05) is 31.9 Å². The molecule has 0 spiro atoms. The quantitative estimate of drug-likeness (QED) is 0.424. The summed E-state index contributed by atoms with van der Waals surface area (Å²) in [5.74, 6) is 0. The number of ether oxygens (including phenoxy) is 2. The lowest BCUT2D eigenvalue weighted by Gasteiger charge is -2.23. The normalized spacial score (nSPS) is 29.2. The van der Waals surface area contributed by atoms with Crippen molar-refractivity contribution >= 4 is 0 Å². The molecular formula is C14H26O5. The summed E-state index contributed by atoms with van der Waals surface area (Å²) in [5, 5.41) is 28.2. The van der Waals surface area contributed by atoms with Crippen LogP contribution in [0.2, 0.25) is 0 Å². The third kappa shape index (κ3) is 5.58. The van der Waals surface area contributed by atoms with Crippen LogP contribution in [0.1, 0.15) is 32.6 Å². The summed E-state index contributed by atoms with van der Waals surface area (Å²) in [4.78, 5) is 0. The van der Waals surface area contributed by atoms with E-state index in [1.165, 1.54) is 12.8 Å². The first kappa shape index (κ1) is 16.6. The summed E-state index contributed by atoms with van der Waals surface area (Å²) in [7, 11) is 0. The van der Waals surface area contributed by atoms with Gasteiger partial charge in [0.05, 0.1) is 19.8 Å². The van der Waals surface area contributed by atoms with E-state index in [-0.39, 0.29) is 6.61 Å². The van der Waals surface area contributed by atoms with Crippen molar-refractivity contribution in [2.75, 3.05) is 19.8 Å². The van der Waals surface area contributed by atoms with Crippen molar-refractivity contribution in [3.8, 4) is 0 Å². The molecule has 3 N–H and O–H groups in total. The maximum Gasteiger partial charge on any atom is 0.114 e. The van der Waals surface area contributed by atoms with E-state index in [9.17, 15) is 10.2 Å². The molecule has 0 aromatic carbocycles. The average Bonchev–Trinajstić information content (AvgIpc) is 2.78. The molecule has 0 saturated carbocycles. The summed E-state index contributed by atoms with van der Waals surface area (Å²) >= 11 is 0. The summed E-state index contributed by atoms with van der Waals surface area (Å²) in [6, 6.07) is 0. The zero-order valence-corrected chi connectivity index (χ0v) is 11.6. The number of aliphatic hydroxyl groups excluding tert-OH is 3. The van der Waals surface area contributed by atoms with E-state index in [0.717, 1.165) is 12.8 Å². The summed E-state index contributed by atoms with van der Waals surface area (Å²) in [5.41, 5.74) is 0. The van der Waals surface area contributed by atoms with E-state index in [2.05, 4.69) is 19.1 Å². The molecule has 1 saturated heterocycles.